The Morgan fingerprint density at radius 1 is 0.966 bits per heavy atom. The quantitative estimate of drug-likeness (QED) is 0.348. The first-order valence-electron chi connectivity index (χ1n) is 9.93. The highest BCUT2D eigenvalue weighted by Gasteiger charge is 2.11. The highest BCUT2D eigenvalue weighted by Crippen LogP contribution is 2.23. The predicted octanol–water partition coefficient (Wildman–Crippen LogP) is 6.54. The van der Waals surface area contributed by atoms with Crippen molar-refractivity contribution >= 4 is 5.69 Å². The Kier molecular flexibility index (Phi) is 10.2. The maximum absolute atomic E-state index is 10.6. The fourth-order valence-corrected chi connectivity index (χ4v) is 2.41. The van der Waals surface area contributed by atoms with Crippen molar-refractivity contribution in [1.82, 2.24) is 4.98 Å². The highest BCUT2D eigenvalue weighted by atomic mass is 16.6. The molecule has 3 rings (SSSR count). The zero-order chi connectivity index (χ0) is 21.8. The normalized spacial score (nSPS) is 9.59. The van der Waals surface area contributed by atoms with Gasteiger partial charge in [0.25, 0.3) is 5.69 Å². The Bertz CT molecular complexity index is 869. The largest absolute Gasteiger partial charge is 0.493 e. The van der Waals surface area contributed by atoms with Crippen molar-refractivity contribution < 1.29 is 14.1 Å². The van der Waals surface area contributed by atoms with Crippen LogP contribution in [-0.4, -0.2) is 16.5 Å². The second-order valence-corrected chi connectivity index (χ2v) is 5.74. The van der Waals surface area contributed by atoms with Crippen LogP contribution >= 0.6 is 0 Å². The van der Waals surface area contributed by atoms with Crippen molar-refractivity contribution in [3.63, 3.8) is 0 Å². The molecule has 0 aliphatic carbocycles. The first-order valence-corrected chi connectivity index (χ1v) is 9.93. The van der Waals surface area contributed by atoms with Crippen LogP contribution in [0.1, 0.15) is 44.7 Å². The van der Waals surface area contributed by atoms with Crippen LogP contribution in [-0.2, 0) is 6.42 Å². The van der Waals surface area contributed by atoms with Gasteiger partial charge in [0.2, 0.25) is 5.89 Å². The van der Waals surface area contributed by atoms with Gasteiger partial charge in [0.15, 0.2) is 0 Å². The van der Waals surface area contributed by atoms with Gasteiger partial charge in [0.1, 0.15) is 11.5 Å². The summed E-state index contributed by atoms with van der Waals surface area (Å²) in [5.74, 6) is 1.95. The van der Waals surface area contributed by atoms with Gasteiger partial charge >= 0.3 is 0 Å². The molecule has 0 aliphatic rings. The molecule has 0 aliphatic heterocycles. The molecule has 156 valence electrons. The summed E-state index contributed by atoms with van der Waals surface area (Å²) < 4.78 is 11.4. The Hall–Kier alpha value is -3.15. The van der Waals surface area contributed by atoms with E-state index in [4.69, 9.17) is 9.15 Å². The van der Waals surface area contributed by atoms with Crippen molar-refractivity contribution in [1.29, 1.82) is 0 Å². The maximum atomic E-state index is 10.6. The molecular formula is C23H30N2O4. The van der Waals surface area contributed by atoms with Gasteiger partial charge in [0.05, 0.1) is 17.2 Å². The molecule has 0 bridgehead atoms. The number of oxazole rings is 1. The van der Waals surface area contributed by atoms with Crippen LogP contribution in [0.15, 0.2) is 52.9 Å². The van der Waals surface area contributed by atoms with Gasteiger partial charge in [-0.3, -0.25) is 10.1 Å². The number of aryl methyl sites for hydroxylation is 2. The van der Waals surface area contributed by atoms with E-state index in [9.17, 15) is 10.1 Å². The molecule has 2 aromatic carbocycles. The topological polar surface area (TPSA) is 78.4 Å². The number of aromatic nitrogens is 1. The number of nitro benzene ring substituents is 1. The average molecular weight is 399 g/mol. The molecule has 6 heteroatoms. The summed E-state index contributed by atoms with van der Waals surface area (Å²) in [7, 11) is 0. The summed E-state index contributed by atoms with van der Waals surface area (Å²) in [5, 5.41) is 10.6. The van der Waals surface area contributed by atoms with Gasteiger partial charge < -0.3 is 9.15 Å². The Balaban J connectivity index is 0.000000989. The third-order valence-electron chi connectivity index (χ3n) is 3.85. The van der Waals surface area contributed by atoms with Crippen LogP contribution in [0.3, 0.4) is 0 Å². The third kappa shape index (κ3) is 7.07. The van der Waals surface area contributed by atoms with E-state index in [2.05, 4.69) is 4.98 Å². The number of benzene rings is 2. The van der Waals surface area contributed by atoms with Crippen LogP contribution in [0.2, 0.25) is 0 Å². The van der Waals surface area contributed by atoms with Gasteiger partial charge in [-0.15, -0.1) is 0 Å². The molecule has 0 radical (unpaired) electrons. The Morgan fingerprint density at radius 2 is 1.55 bits per heavy atom. The second kappa shape index (κ2) is 12.3. The monoisotopic (exact) mass is 398 g/mol. The molecule has 0 unspecified atom stereocenters. The van der Waals surface area contributed by atoms with Crippen molar-refractivity contribution in [3.8, 4) is 17.2 Å². The van der Waals surface area contributed by atoms with Crippen molar-refractivity contribution in [2.24, 2.45) is 0 Å². The van der Waals surface area contributed by atoms with Crippen LogP contribution < -0.4 is 4.74 Å². The number of ether oxygens (including phenoxy) is 1. The Labute approximate surface area is 172 Å². The van der Waals surface area contributed by atoms with Gasteiger partial charge in [-0.2, -0.15) is 0 Å². The first-order chi connectivity index (χ1) is 14.0. The lowest BCUT2D eigenvalue weighted by Crippen LogP contribution is -2.02. The number of hydrogen-bond acceptors (Lipinski definition) is 5. The molecule has 3 aromatic rings. The van der Waals surface area contributed by atoms with Crippen molar-refractivity contribution in [2.45, 2.75) is 48.0 Å². The summed E-state index contributed by atoms with van der Waals surface area (Å²) in [4.78, 5) is 14.7. The summed E-state index contributed by atoms with van der Waals surface area (Å²) in [6.45, 7) is 12.3. The number of non-ortho nitro benzene ring substituents is 1. The summed E-state index contributed by atoms with van der Waals surface area (Å²) in [6.07, 6.45) is 0.595. The minimum Gasteiger partial charge on any atom is -0.493 e. The molecule has 29 heavy (non-hydrogen) atoms. The minimum atomic E-state index is -0.435. The van der Waals surface area contributed by atoms with Crippen LogP contribution in [0.5, 0.6) is 5.75 Å². The van der Waals surface area contributed by atoms with E-state index in [-0.39, 0.29) is 5.69 Å². The fraction of sp³-hybridized carbons (Fsp3) is 0.348. The molecule has 6 nitrogen and oxygen atoms in total. The van der Waals surface area contributed by atoms with Crippen LogP contribution in [0.4, 0.5) is 5.69 Å². The van der Waals surface area contributed by atoms with Gasteiger partial charge in [0, 0.05) is 24.1 Å². The van der Waals surface area contributed by atoms with E-state index < -0.39 is 4.92 Å². The SMILES string of the molecule is CC.CC.Cc1ccc(-c2nc(CCOc3ccc([N+](=O)[O-])cc3)c(C)o2)cc1. The van der Waals surface area contributed by atoms with Crippen molar-refractivity contribution in [3.05, 3.63) is 75.7 Å². The predicted molar refractivity (Wildman–Crippen MR) is 116 cm³/mol. The highest BCUT2D eigenvalue weighted by molar-refractivity contribution is 5.54. The molecular weight excluding hydrogens is 368 g/mol. The number of nitro groups is 1. The molecule has 0 amide bonds. The van der Waals surface area contributed by atoms with E-state index >= 15 is 0 Å². The van der Waals surface area contributed by atoms with E-state index in [1.54, 1.807) is 12.1 Å². The van der Waals surface area contributed by atoms with Crippen molar-refractivity contribution in [2.75, 3.05) is 6.61 Å². The fourth-order valence-electron chi connectivity index (χ4n) is 2.41. The lowest BCUT2D eigenvalue weighted by atomic mass is 10.1. The number of nitrogens with zero attached hydrogens (tertiary/aromatic N) is 2. The van der Waals surface area contributed by atoms with E-state index in [1.807, 2.05) is 65.8 Å². The molecule has 1 aromatic heterocycles. The first kappa shape index (κ1) is 23.9. The molecule has 0 spiro atoms. The molecule has 0 atom stereocenters. The number of hydrogen-bond donors (Lipinski definition) is 0. The lowest BCUT2D eigenvalue weighted by Gasteiger charge is -2.04. The van der Waals surface area contributed by atoms with Gasteiger partial charge in [-0.05, 0) is 38.1 Å². The minimum absolute atomic E-state index is 0.0439. The average Bonchev–Trinajstić information content (AvgIpc) is 3.12. The van der Waals surface area contributed by atoms with Crippen LogP contribution in [0.25, 0.3) is 11.5 Å². The molecule has 0 saturated heterocycles. The van der Waals surface area contributed by atoms with E-state index in [0.29, 0.717) is 24.7 Å². The molecule has 0 fully saturated rings. The smallest absolute Gasteiger partial charge is 0.269 e. The van der Waals surface area contributed by atoms with E-state index in [1.165, 1.54) is 17.7 Å². The van der Waals surface area contributed by atoms with Gasteiger partial charge in [-0.1, -0.05) is 45.4 Å². The summed E-state index contributed by atoms with van der Waals surface area (Å²) >= 11 is 0. The van der Waals surface area contributed by atoms with Crippen LogP contribution in [0, 0.1) is 24.0 Å². The van der Waals surface area contributed by atoms with Gasteiger partial charge in [-0.25, -0.2) is 4.98 Å². The number of rotatable bonds is 6. The molecule has 0 N–H and O–H groups in total. The molecule has 0 saturated carbocycles. The lowest BCUT2D eigenvalue weighted by molar-refractivity contribution is -0.384. The summed E-state index contributed by atoms with van der Waals surface area (Å²) in [6, 6.07) is 14.0. The summed E-state index contributed by atoms with van der Waals surface area (Å²) in [5.41, 5.74) is 3.01. The molecule has 1 heterocycles. The third-order valence-corrected chi connectivity index (χ3v) is 3.85. The standard InChI is InChI=1S/C19H18N2O4.2C2H6/c1-13-3-5-15(6-4-13)19-20-18(14(2)25-19)11-12-24-17-9-7-16(8-10-17)21(22)23;2*1-2/h3-10H,11-12H2,1-2H3;2*1-2H3. The zero-order valence-corrected chi connectivity index (χ0v) is 18.1. The van der Waals surface area contributed by atoms with E-state index in [0.717, 1.165) is 17.0 Å². The zero-order valence-electron chi connectivity index (χ0n) is 18.1. The maximum Gasteiger partial charge on any atom is 0.269 e. The second-order valence-electron chi connectivity index (χ2n) is 5.74. The Morgan fingerprint density at radius 3 is 2.10 bits per heavy atom.